The van der Waals surface area contributed by atoms with Crippen LogP contribution in [0.5, 0.6) is 0 Å². The van der Waals surface area contributed by atoms with Gasteiger partial charge in [0, 0.05) is 42.0 Å². The topological polar surface area (TPSA) is 97.6 Å². The van der Waals surface area contributed by atoms with Gasteiger partial charge in [0.05, 0.1) is 11.4 Å². The van der Waals surface area contributed by atoms with Gasteiger partial charge in [-0.2, -0.15) is 0 Å². The van der Waals surface area contributed by atoms with Gasteiger partial charge < -0.3 is 14.6 Å². The molecule has 0 saturated heterocycles. The van der Waals surface area contributed by atoms with Crippen molar-refractivity contribution in [3.63, 3.8) is 0 Å². The Bertz CT molecular complexity index is 1610. The van der Waals surface area contributed by atoms with Gasteiger partial charge in [0.2, 0.25) is 0 Å². The predicted octanol–water partition coefficient (Wildman–Crippen LogP) is 8.05. The number of carbonyl (C=O) groups excluding carboxylic acids is 3. The molecule has 4 rings (SSSR count). The van der Waals surface area contributed by atoms with Gasteiger partial charge >= 0.3 is 11.9 Å². The van der Waals surface area contributed by atoms with Crippen molar-refractivity contribution in [2.24, 2.45) is 10.3 Å². The van der Waals surface area contributed by atoms with Crippen LogP contribution >= 0.6 is 0 Å². The molecule has 224 valence electrons. The minimum absolute atomic E-state index is 0.0428. The number of hydrogen-bond acceptors (Lipinski definition) is 8. The molecule has 0 aliphatic carbocycles. The summed E-state index contributed by atoms with van der Waals surface area (Å²) >= 11 is 0. The summed E-state index contributed by atoms with van der Waals surface area (Å²) in [6.45, 7) is 8.48. The van der Waals surface area contributed by atoms with Gasteiger partial charge in [-0.1, -0.05) is 72.2 Å². The van der Waals surface area contributed by atoms with Crippen molar-refractivity contribution in [2.75, 3.05) is 4.90 Å². The first-order chi connectivity index (χ1) is 21.2. The van der Waals surface area contributed by atoms with Crippen molar-refractivity contribution < 1.29 is 24.1 Å². The lowest BCUT2D eigenvalue weighted by Crippen LogP contribution is -2.12. The number of aryl methyl sites for hydroxylation is 1. The van der Waals surface area contributed by atoms with Crippen LogP contribution in [0, 0.1) is 6.92 Å². The second-order valence-electron chi connectivity index (χ2n) is 10.1. The predicted molar refractivity (Wildman–Crippen MR) is 173 cm³/mol. The highest BCUT2D eigenvalue weighted by molar-refractivity contribution is 6.09. The zero-order chi connectivity index (χ0) is 31.6. The second-order valence-corrected chi connectivity index (χ2v) is 10.1. The summed E-state index contributed by atoms with van der Waals surface area (Å²) in [5.74, 6) is -0.995. The van der Waals surface area contributed by atoms with E-state index in [1.165, 1.54) is 13.8 Å². The van der Waals surface area contributed by atoms with Gasteiger partial charge in [0.1, 0.15) is 0 Å². The molecular formula is C36H35N3O5. The summed E-state index contributed by atoms with van der Waals surface area (Å²) in [4.78, 5) is 47.6. The maximum absolute atomic E-state index is 13.2. The van der Waals surface area contributed by atoms with Gasteiger partial charge in [0.15, 0.2) is 5.78 Å². The smallest absolute Gasteiger partial charge is 0.318 e. The van der Waals surface area contributed by atoms with Crippen LogP contribution in [0.15, 0.2) is 107 Å². The fraction of sp³-hybridized carbons (Fsp3) is 0.194. The fourth-order valence-electron chi connectivity index (χ4n) is 4.65. The quantitative estimate of drug-likeness (QED) is 0.0760. The van der Waals surface area contributed by atoms with E-state index in [1.807, 2.05) is 118 Å². The van der Waals surface area contributed by atoms with Gasteiger partial charge in [-0.3, -0.25) is 4.79 Å². The van der Waals surface area contributed by atoms with Crippen molar-refractivity contribution in [1.29, 1.82) is 0 Å². The van der Waals surface area contributed by atoms with E-state index in [1.54, 1.807) is 0 Å². The van der Waals surface area contributed by atoms with Crippen LogP contribution in [0.4, 0.5) is 17.1 Å². The number of ketones is 1. The molecule has 0 bridgehead atoms. The Morgan fingerprint density at radius 2 is 1.00 bits per heavy atom. The molecule has 0 aromatic heterocycles. The number of carbonyl (C=O) groups is 3. The highest BCUT2D eigenvalue weighted by Gasteiger charge is 2.16. The molecule has 0 radical (unpaired) electrons. The Morgan fingerprint density at radius 1 is 0.591 bits per heavy atom. The number of rotatable bonds is 11. The third-order valence-corrected chi connectivity index (χ3v) is 6.82. The summed E-state index contributed by atoms with van der Waals surface area (Å²) in [5, 5.41) is 8.00. The average molecular weight is 590 g/mol. The molecular weight excluding hydrogens is 554 g/mol. The second kappa shape index (κ2) is 14.7. The first-order valence-electron chi connectivity index (χ1n) is 14.4. The van der Waals surface area contributed by atoms with Crippen molar-refractivity contribution >= 4 is 46.2 Å². The van der Waals surface area contributed by atoms with Crippen LogP contribution in [0.25, 0.3) is 0 Å². The van der Waals surface area contributed by atoms with E-state index in [9.17, 15) is 14.4 Å². The summed E-state index contributed by atoms with van der Waals surface area (Å²) in [5.41, 5.74) is 7.82. The van der Waals surface area contributed by atoms with Gasteiger partial charge in [-0.25, -0.2) is 9.59 Å². The van der Waals surface area contributed by atoms with Crippen molar-refractivity contribution in [1.82, 2.24) is 0 Å². The van der Waals surface area contributed by atoms with Crippen molar-refractivity contribution in [3.8, 4) is 0 Å². The number of hydrogen-bond donors (Lipinski definition) is 0. The Hall–Kier alpha value is -5.37. The molecule has 44 heavy (non-hydrogen) atoms. The molecule has 0 saturated carbocycles. The largest absolute Gasteiger partial charge is 0.331 e. The first-order valence-corrected chi connectivity index (χ1v) is 14.4. The van der Waals surface area contributed by atoms with Crippen molar-refractivity contribution in [3.05, 3.63) is 125 Å². The van der Waals surface area contributed by atoms with Gasteiger partial charge in [0.25, 0.3) is 0 Å². The molecule has 4 aromatic carbocycles. The van der Waals surface area contributed by atoms with E-state index in [2.05, 4.69) is 15.2 Å². The molecule has 0 amide bonds. The highest BCUT2D eigenvalue weighted by Crippen LogP contribution is 2.35. The SMILES string of the molecule is CCC(=NOC(C)=O)c1ccc(N(c2ccc(C(=O)c3cccc(C)c3)cc2)c2ccc(C(CC)=NOC(C)=O)cc2)cc1. The van der Waals surface area contributed by atoms with Crippen LogP contribution < -0.4 is 4.90 Å². The Morgan fingerprint density at radius 3 is 1.36 bits per heavy atom. The summed E-state index contributed by atoms with van der Waals surface area (Å²) in [6.07, 6.45) is 1.17. The summed E-state index contributed by atoms with van der Waals surface area (Å²) in [6, 6.07) is 30.6. The normalized spacial score (nSPS) is 11.6. The zero-order valence-electron chi connectivity index (χ0n) is 25.5. The molecule has 0 unspecified atom stereocenters. The standard InChI is InChI=1S/C36H35N3O5/c1-6-34(37-43-25(4)40)27-11-17-31(18-12-27)39(32-19-13-28(14-20-32)35(7-2)38-44-26(5)41)33-21-15-29(16-22-33)36(42)30-10-8-9-24(3)23-30/h8-23H,6-7H2,1-5H3. The van der Waals surface area contributed by atoms with E-state index in [0.717, 1.165) is 33.8 Å². The molecule has 0 heterocycles. The maximum Gasteiger partial charge on any atom is 0.331 e. The van der Waals surface area contributed by atoms with Crippen LogP contribution in [0.1, 0.15) is 73.1 Å². The third-order valence-electron chi connectivity index (χ3n) is 6.82. The average Bonchev–Trinajstić information content (AvgIpc) is 3.03. The van der Waals surface area contributed by atoms with E-state index in [0.29, 0.717) is 35.4 Å². The number of nitrogens with zero attached hydrogens (tertiary/aromatic N) is 3. The highest BCUT2D eigenvalue weighted by atomic mass is 16.7. The first kappa shape index (κ1) is 31.6. The van der Waals surface area contributed by atoms with E-state index < -0.39 is 11.9 Å². The molecule has 8 heteroatoms. The Kier molecular flexibility index (Phi) is 10.5. The summed E-state index contributed by atoms with van der Waals surface area (Å²) < 4.78 is 0. The van der Waals surface area contributed by atoms with E-state index >= 15 is 0 Å². The Labute approximate surface area is 257 Å². The number of benzene rings is 4. The van der Waals surface area contributed by atoms with E-state index in [-0.39, 0.29) is 5.78 Å². The lowest BCUT2D eigenvalue weighted by atomic mass is 10.0. The molecule has 0 fully saturated rings. The van der Waals surface area contributed by atoms with E-state index in [4.69, 9.17) is 9.68 Å². The monoisotopic (exact) mass is 589 g/mol. The summed E-state index contributed by atoms with van der Waals surface area (Å²) in [7, 11) is 0. The van der Waals surface area contributed by atoms with Crippen LogP contribution in [-0.4, -0.2) is 29.1 Å². The number of oxime groups is 2. The lowest BCUT2D eigenvalue weighted by molar-refractivity contribution is -0.141. The molecule has 0 aliphatic rings. The molecule has 0 aliphatic heterocycles. The van der Waals surface area contributed by atoms with Crippen LogP contribution in [-0.2, 0) is 19.3 Å². The third kappa shape index (κ3) is 7.92. The van der Waals surface area contributed by atoms with Crippen LogP contribution in [0.2, 0.25) is 0 Å². The lowest BCUT2D eigenvalue weighted by Gasteiger charge is -2.26. The van der Waals surface area contributed by atoms with Gasteiger partial charge in [-0.15, -0.1) is 0 Å². The Balaban J connectivity index is 1.72. The van der Waals surface area contributed by atoms with Crippen molar-refractivity contribution in [2.45, 2.75) is 47.5 Å². The minimum Gasteiger partial charge on any atom is -0.318 e. The van der Waals surface area contributed by atoms with Crippen LogP contribution in [0.3, 0.4) is 0 Å². The number of anilines is 3. The van der Waals surface area contributed by atoms with Gasteiger partial charge in [-0.05, 0) is 85.5 Å². The molecule has 0 atom stereocenters. The zero-order valence-corrected chi connectivity index (χ0v) is 25.5. The molecule has 4 aromatic rings. The molecule has 0 spiro atoms. The minimum atomic E-state index is -0.476. The maximum atomic E-state index is 13.2. The fourth-order valence-corrected chi connectivity index (χ4v) is 4.65. The molecule has 8 nitrogen and oxygen atoms in total. The molecule has 0 N–H and O–H groups in total.